The molecular formula is C24H24ClNO5. The first-order valence-corrected chi connectivity index (χ1v) is 10.6. The fourth-order valence-electron chi connectivity index (χ4n) is 4.24. The highest BCUT2D eigenvalue weighted by atomic mass is 35.5. The number of halogens is 1. The quantitative estimate of drug-likeness (QED) is 0.316. The van der Waals surface area contributed by atoms with Crippen molar-refractivity contribution in [3.63, 3.8) is 0 Å². The Morgan fingerprint density at radius 1 is 1.26 bits per heavy atom. The third-order valence-electron chi connectivity index (χ3n) is 5.62. The number of likely N-dealkylation sites (tertiary alicyclic amines) is 1. The number of aliphatic hydroxyl groups is 1. The Labute approximate surface area is 186 Å². The first kappa shape index (κ1) is 21.4. The number of Topliss-reactive ketones (excluding diaryl/α,β-unsaturated/α-hetero) is 1. The van der Waals surface area contributed by atoms with Gasteiger partial charge in [0.1, 0.15) is 17.6 Å². The lowest BCUT2D eigenvalue weighted by atomic mass is 9.94. The summed E-state index contributed by atoms with van der Waals surface area (Å²) in [5.74, 6) is -0.763. The molecule has 7 heteroatoms. The molecule has 0 saturated carbocycles. The molecule has 2 aromatic carbocycles. The molecule has 1 amide bonds. The van der Waals surface area contributed by atoms with E-state index in [4.69, 9.17) is 21.1 Å². The maximum atomic E-state index is 13.0. The number of aliphatic hydroxyl groups excluding tert-OH is 1. The number of methoxy groups -OCH3 is 1. The molecule has 0 unspecified atom stereocenters. The smallest absolute Gasteiger partial charge is 0.295 e. The van der Waals surface area contributed by atoms with Crippen molar-refractivity contribution < 1.29 is 24.2 Å². The predicted molar refractivity (Wildman–Crippen MR) is 117 cm³/mol. The lowest BCUT2D eigenvalue weighted by Crippen LogP contribution is -2.31. The molecule has 2 heterocycles. The number of ether oxygens (including phenoxy) is 2. The fourth-order valence-corrected chi connectivity index (χ4v) is 4.44. The van der Waals surface area contributed by atoms with Gasteiger partial charge in [0.25, 0.3) is 11.7 Å². The Morgan fingerprint density at radius 3 is 2.81 bits per heavy atom. The van der Waals surface area contributed by atoms with E-state index in [-0.39, 0.29) is 17.4 Å². The molecule has 1 N–H and O–H groups in total. The topological polar surface area (TPSA) is 76.1 Å². The number of benzene rings is 2. The standard InChI is InChI=1S/C24H24ClNO5/c1-14-11-17-12-16(7-8-19(17)31-14)22(27)20-21(15-5-3-6-18(25)13-15)26(9-4-10-30-2)24(29)23(20)28/h3,5-8,12-14,21,27H,4,9-11H2,1-2H3/t14-,21-/m1/s1. The lowest BCUT2D eigenvalue weighted by Gasteiger charge is -2.25. The van der Waals surface area contributed by atoms with E-state index in [2.05, 4.69) is 0 Å². The largest absolute Gasteiger partial charge is 0.507 e. The number of carbonyl (C=O) groups excluding carboxylic acids is 2. The number of rotatable bonds is 6. The Morgan fingerprint density at radius 2 is 2.06 bits per heavy atom. The number of carbonyl (C=O) groups is 2. The van der Waals surface area contributed by atoms with Crippen LogP contribution in [0.1, 0.15) is 36.1 Å². The van der Waals surface area contributed by atoms with Gasteiger partial charge in [-0.2, -0.15) is 0 Å². The molecule has 0 bridgehead atoms. The van der Waals surface area contributed by atoms with Gasteiger partial charge < -0.3 is 19.5 Å². The highest BCUT2D eigenvalue weighted by Gasteiger charge is 2.45. The van der Waals surface area contributed by atoms with Crippen LogP contribution in [0.2, 0.25) is 5.02 Å². The molecule has 31 heavy (non-hydrogen) atoms. The first-order valence-electron chi connectivity index (χ1n) is 10.2. The maximum Gasteiger partial charge on any atom is 0.295 e. The Kier molecular flexibility index (Phi) is 6.03. The van der Waals surface area contributed by atoms with Gasteiger partial charge in [-0.05, 0) is 54.8 Å². The number of nitrogens with zero attached hydrogens (tertiary/aromatic N) is 1. The van der Waals surface area contributed by atoms with Crippen molar-refractivity contribution in [3.05, 3.63) is 69.8 Å². The number of hydrogen-bond donors (Lipinski definition) is 1. The van der Waals surface area contributed by atoms with Crippen molar-refractivity contribution in [3.8, 4) is 5.75 Å². The van der Waals surface area contributed by atoms with E-state index in [1.54, 1.807) is 43.5 Å². The van der Waals surface area contributed by atoms with Crippen LogP contribution in [-0.2, 0) is 20.7 Å². The summed E-state index contributed by atoms with van der Waals surface area (Å²) in [6.07, 6.45) is 1.35. The van der Waals surface area contributed by atoms with Gasteiger partial charge in [0.2, 0.25) is 0 Å². The Hall–Kier alpha value is -2.83. The summed E-state index contributed by atoms with van der Waals surface area (Å²) in [6, 6.07) is 11.6. The Balaban J connectivity index is 1.80. The van der Waals surface area contributed by atoms with Crippen LogP contribution in [0, 0.1) is 0 Å². The molecule has 2 aromatic rings. The van der Waals surface area contributed by atoms with Gasteiger partial charge in [0, 0.05) is 37.3 Å². The number of fused-ring (bicyclic) bond motifs is 1. The lowest BCUT2D eigenvalue weighted by molar-refractivity contribution is -0.140. The molecule has 4 rings (SSSR count). The fraction of sp³-hybridized carbons (Fsp3) is 0.333. The summed E-state index contributed by atoms with van der Waals surface area (Å²) < 4.78 is 10.8. The van der Waals surface area contributed by atoms with Gasteiger partial charge >= 0.3 is 0 Å². The second-order valence-electron chi connectivity index (χ2n) is 7.85. The molecule has 2 atom stereocenters. The summed E-state index contributed by atoms with van der Waals surface area (Å²) in [7, 11) is 1.58. The average Bonchev–Trinajstić information content (AvgIpc) is 3.24. The monoisotopic (exact) mass is 441 g/mol. The third kappa shape index (κ3) is 4.05. The minimum Gasteiger partial charge on any atom is -0.507 e. The van der Waals surface area contributed by atoms with Crippen LogP contribution in [0.25, 0.3) is 5.76 Å². The van der Waals surface area contributed by atoms with Crippen LogP contribution in [-0.4, -0.2) is 48.1 Å². The highest BCUT2D eigenvalue weighted by molar-refractivity contribution is 6.46. The SMILES string of the molecule is COCCCN1C(=O)C(=O)C(=C(O)c2ccc3c(c2)C[C@@H](C)O3)[C@H]1c1cccc(Cl)c1. The van der Waals surface area contributed by atoms with Crippen LogP contribution >= 0.6 is 11.6 Å². The van der Waals surface area contributed by atoms with Crippen molar-refractivity contribution in [1.82, 2.24) is 4.90 Å². The van der Waals surface area contributed by atoms with E-state index in [1.165, 1.54) is 4.90 Å². The molecule has 0 spiro atoms. The number of ketones is 1. The zero-order valence-electron chi connectivity index (χ0n) is 17.4. The van der Waals surface area contributed by atoms with E-state index in [0.29, 0.717) is 35.7 Å². The number of amides is 1. The average molecular weight is 442 g/mol. The summed E-state index contributed by atoms with van der Waals surface area (Å²) in [6.45, 7) is 2.75. The molecule has 162 valence electrons. The molecule has 0 aliphatic carbocycles. The van der Waals surface area contributed by atoms with Crippen molar-refractivity contribution in [1.29, 1.82) is 0 Å². The summed E-state index contributed by atoms with van der Waals surface area (Å²) in [5.41, 5.74) is 2.18. The van der Waals surface area contributed by atoms with Gasteiger partial charge in [-0.1, -0.05) is 23.7 Å². The van der Waals surface area contributed by atoms with Gasteiger partial charge in [0.05, 0.1) is 11.6 Å². The normalized spacial score (nSPS) is 22.0. The zero-order valence-corrected chi connectivity index (χ0v) is 18.2. The van der Waals surface area contributed by atoms with Crippen LogP contribution in [0.3, 0.4) is 0 Å². The second-order valence-corrected chi connectivity index (χ2v) is 8.29. The molecule has 2 aliphatic heterocycles. The van der Waals surface area contributed by atoms with Gasteiger partial charge in [-0.25, -0.2) is 0 Å². The van der Waals surface area contributed by atoms with Gasteiger partial charge in [-0.15, -0.1) is 0 Å². The maximum absolute atomic E-state index is 13.0. The molecule has 0 radical (unpaired) electrons. The van der Waals surface area contributed by atoms with Gasteiger partial charge in [0.15, 0.2) is 0 Å². The minimum absolute atomic E-state index is 0.0604. The summed E-state index contributed by atoms with van der Waals surface area (Å²) in [4.78, 5) is 27.4. The van der Waals surface area contributed by atoms with Crippen molar-refractivity contribution in [2.24, 2.45) is 0 Å². The summed E-state index contributed by atoms with van der Waals surface area (Å²) in [5, 5.41) is 11.7. The van der Waals surface area contributed by atoms with E-state index >= 15 is 0 Å². The van der Waals surface area contributed by atoms with E-state index in [9.17, 15) is 14.7 Å². The molecule has 1 fully saturated rings. The highest BCUT2D eigenvalue weighted by Crippen LogP contribution is 2.41. The molecule has 2 aliphatic rings. The molecule has 6 nitrogen and oxygen atoms in total. The van der Waals surface area contributed by atoms with Crippen LogP contribution in [0.15, 0.2) is 48.0 Å². The second kappa shape index (κ2) is 8.73. The van der Waals surface area contributed by atoms with Crippen molar-refractivity contribution in [2.75, 3.05) is 20.3 Å². The zero-order chi connectivity index (χ0) is 22.1. The molecule has 0 aromatic heterocycles. The van der Waals surface area contributed by atoms with Crippen LogP contribution < -0.4 is 4.74 Å². The van der Waals surface area contributed by atoms with Gasteiger partial charge in [-0.3, -0.25) is 9.59 Å². The van der Waals surface area contributed by atoms with E-state index in [1.807, 2.05) is 13.0 Å². The van der Waals surface area contributed by atoms with Crippen molar-refractivity contribution in [2.45, 2.75) is 31.9 Å². The van der Waals surface area contributed by atoms with E-state index < -0.39 is 17.7 Å². The van der Waals surface area contributed by atoms with E-state index in [0.717, 1.165) is 17.7 Å². The summed E-state index contributed by atoms with van der Waals surface area (Å²) >= 11 is 6.19. The predicted octanol–water partition coefficient (Wildman–Crippen LogP) is 4.12. The molecule has 1 saturated heterocycles. The van der Waals surface area contributed by atoms with Crippen molar-refractivity contribution >= 4 is 29.1 Å². The van der Waals surface area contributed by atoms with Crippen LogP contribution in [0.4, 0.5) is 0 Å². The minimum atomic E-state index is -0.723. The first-order chi connectivity index (χ1) is 14.9. The molecular weight excluding hydrogens is 418 g/mol. The number of hydrogen-bond acceptors (Lipinski definition) is 5. The van der Waals surface area contributed by atoms with Crippen LogP contribution in [0.5, 0.6) is 5.75 Å². The Bertz CT molecular complexity index is 1060. The third-order valence-corrected chi connectivity index (χ3v) is 5.86.